The summed E-state index contributed by atoms with van der Waals surface area (Å²) in [5.74, 6) is 0.127. The molecule has 1 aromatic heterocycles. The van der Waals surface area contributed by atoms with Crippen LogP contribution in [0.25, 0.3) is 0 Å². The molecule has 6 heteroatoms. The summed E-state index contributed by atoms with van der Waals surface area (Å²) in [7, 11) is 0. The zero-order valence-electron chi connectivity index (χ0n) is 11.2. The first-order valence-corrected chi connectivity index (χ1v) is 7.35. The minimum Gasteiger partial charge on any atom is -0.426 e. The van der Waals surface area contributed by atoms with Crippen molar-refractivity contribution in [3.8, 4) is 5.75 Å². The second kappa shape index (κ2) is 6.24. The third-order valence-corrected chi connectivity index (χ3v) is 3.99. The number of carbonyl (C=O) groups is 1. The largest absolute Gasteiger partial charge is 0.426 e. The van der Waals surface area contributed by atoms with Crippen LogP contribution in [-0.4, -0.2) is 10.5 Å². The van der Waals surface area contributed by atoms with Gasteiger partial charge in [-0.25, -0.2) is 0 Å². The molecule has 0 saturated heterocycles. The van der Waals surface area contributed by atoms with Crippen molar-refractivity contribution >= 4 is 28.9 Å². The fourth-order valence-electron chi connectivity index (χ4n) is 1.78. The van der Waals surface area contributed by atoms with E-state index in [-0.39, 0.29) is 17.3 Å². The van der Waals surface area contributed by atoms with Gasteiger partial charge in [-0.15, -0.1) is 0 Å². The number of thiazole rings is 1. The van der Waals surface area contributed by atoms with Crippen LogP contribution in [0.1, 0.15) is 17.7 Å². The second-order valence-electron chi connectivity index (χ2n) is 4.43. The molecule has 0 fully saturated rings. The molecular formula is C14H14ClNO3S. The first-order chi connectivity index (χ1) is 9.47. The predicted molar refractivity (Wildman–Crippen MR) is 79.8 cm³/mol. The van der Waals surface area contributed by atoms with Crippen LogP contribution >= 0.6 is 22.9 Å². The highest BCUT2D eigenvalue weighted by molar-refractivity contribution is 7.07. The van der Waals surface area contributed by atoms with Crippen molar-refractivity contribution in [1.29, 1.82) is 0 Å². The van der Waals surface area contributed by atoms with Gasteiger partial charge in [0.15, 0.2) is 0 Å². The van der Waals surface area contributed by atoms with Gasteiger partial charge in [0.2, 0.25) is 0 Å². The number of nitrogens with zero attached hydrogens (tertiary/aromatic N) is 1. The molecule has 0 aliphatic heterocycles. The number of aryl methyl sites for hydroxylation is 2. The van der Waals surface area contributed by atoms with Gasteiger partial charge in [0, 0.05) is 22.6 Å². The van der Waals surface area contributed by atoms with Crippen molar-refractivity contribution in [3.63, 3.8) is 0 Å². The molecule has 0 bridgehead atoms. The van der Waals surface area contributed by atoms with Gasteiger partial charge >= 0.3 is 10.8 Å². The number of esters is 1. The Morgan fingerprint density at radius 1 is 1.40 bits per heavy atom. The molecular weight excluding hydrogens is 298 g/mol. The molecule has 2 aromatic rings. The Morgan fingerprint density at radius 2 is 2.15 bits per heavy atom. The summed E-state index contributed by atoms with van der Waals surface area (Å²) < 4.78 is 6.84. The highest BCUT2D eigenvalue weighted by Gasteiger charge is 2.10. The number of hydrogen-bond donors (Lipinski definition) is 0. The van der Waals surface area contributed by atoms with Crippen LogP contribution in [0.4, 0.5) is 0 Å². The zero-order chi connectivity index (χ0) is 14.7. The van der Waals surface area contributed by atoms with Crippen molar-refractivity contribution < 1.29 is 9.53 Å². The molecule has 0 radical (unpaired) electrons. The Labute approximate surface area is 125 Å². The lowest BCUT2D eigenvalue weighted by Crippen LogP contribution is -2.19. The monoisotopic (exact) mass is 311 g/mol. The smallest absolute Gasteiger partial charge is 0.313 e. The van der Waals surface area contributed by atoms with E-state index in [4.69, 9.17) is 16.3 Å². The Morgan fingerprint density at radius 3 is 2.75 bits per heavy atom. The number of halogens is 1. The van der Waals surface area contributed by atoms with E-state index >= 15 is 0 Å². The van der Waals surface area contributed by atoms with E-state index in [1.165, 1.54) is 0 Å². The van der Waals surface area contributed by atoms with Crippen molar-refractivity contribution in [3.05, 3.63) is 49.5 Å². The molecule has 0 amide bonds. The summed E-state index contributed by atoms with van der Waals surface area (Å²) in [6.07, 6.45) is 0.152. The van der Waals surface area contributed by atoms with Gasteiger partial charge in [-0.1, -0.05) is 22.9 Å². The fraction of sp³-hybridized carbons (Fsp3) is 0.286. The molecule has 0 saturated carbocycles. The van der Waals surface area contributed by atoms with Gasteiger partial charge in [-0.05, 0) is 37.6 Å². The molecule has 0 spiro atoms. The van der Waals surface area contributed by atoms with E-state index in [2.05, 4.69) is 0 Å². The fourth-order valence-corrected chi connectivity index (χ4v) is 2.77. The zero-order valence-corrected chi connectivity index (χ0v) is 12.8. The van der Waals surface area contributed by atoms with Gasteiger partial charge < -0.3 is 9.30 Å². The molecule has 2 rings (SSSR count). The van der Waals surface area contributed by atoms with Crippen LogP contribution in [0.3, 0.4) is 0 Å². The molecule has 0 aliphatic rings. The Bertz CT molecular complexity index is 690. The maximum Gasteiger partial charge on any atom is 0.313 e. The molecule has 0 aliphatic carbocycles. The number of ether oxygens (including phenoxy) is 1. The average Bonchev–Trinajstić information content (AvgIpc) is 2.70. The average molecular weight is 312 g/mol. The Kier molecular flexibility index (Phi) is 4.62. The van der Waals surface area contributed by atoms with E-state index in [9.17, 15) is 9.59 Å². The summed E-state index contributed by atoms with van der Waals surface area (Å²) in [6, 6.07) is 5.07. The van der Waals surface area contributed by atoms with Crippen molar-refractivity contribution in [2.45, 2.75) is 26.8 Å². The molecule has 106 valence electrons. The quantitative estimate of drug-likeness (QED) is 0.643. The SMILES string of the molecule is Cc1cc(Cl)ccc1OC(=O)CCn1c(C)csc1=O. The third-order valence-electron chi connectivity index (χ3n) is 2.88. The standard InChI is InChI=1S/C14H14ClNO3S/c1-9-7-11(15)3-4-12(9)19-13(17)5-6-16-10(2)8-20-14(16)18/h3-4,7-8H,5-6H2,1-2H3. The molecule has 20 heavy (non-hydrogen) atoms. The van der Waals surface area contributed by atoms with Crippen LogP contribution in [-0.2, 0) is 11.3 Å². The number of hydrogen-bond acceptors (Lipinski definition) is 4. The first-order valence-electron chi connectivity index (χ1n) is 6.09. The lowest BCUT2D eigenvalue weighted by atomic mass is 10.2. The number of aromatic nitrogens is 1. The highest BCUT2D eigenvalue weighted by Crippen LogP contribution is 2.22. The molecule has 0 atom stereocenters. The first kappa shape index (κ1) is 14.8. The number of carbonyl (C=O) groups excluding carboxylic acids is 1. The number of rotatable bonds is 4. The maximum atomic E-state index is 11.8. The Hall–Kier alpha value is -1.59. The van der Waals surface area contributed by atoms with E-state index in [0.717, 1.165) is 22.6 Å². The number of benzene rings is 1. The van der Waals surface area contributed by atoms with Crippen molar-refractivity contribution in [1.82, 2.24) is 4.57 Å². The second-order valence-corrected chi connectivity index (χ2v) is 5.69. The maximum absolute atomic E-state index is 11.8. The van der Waals surface area contributed by atoms with Gasteiger partial charge in [0.1, 0.15) is 5.75 Å². The predicted octanol–water partition coefficient (Wildman–Crippen LogP) is 3.18. The summed E-state index contributed by atoms with van der Waals surface area (Å²) in [5.41, 5.74) is 1.66. The molecule has 1 aromatic carbocycles. The minimum absolute atomic E-state index is 0.0574. The van der Waals surface area contributed by atoms with Gasteiger partial charge in [0.25, 0.3) is 0 Å². The summed E-state index contributed by atoms with van der Waals surface area (Å²) in [5, 5.41) is 2.37. The normalized spacial score (nSPS) is 10.6. The van der Waals surface area contributed by atoms with Crippen LogP contribution < -0.4 is 9.61 Å². The van der Waals surface area contributed by atoms with Gasteiger partial charge in [0.05, 0.1) is 6.42 Å². The van der Waals surface area contributed by atoms with Crippen LogP contribution in [0.2, 0.25) is 5.02 Å². The molecule has 1 heterocycles. The molecule has 0 unspecified atom stereocenters. The summed E-state index contributed by atoms with van der Waals surface area (Å²) in [6.45, 7) is 3.99. The van der Waals surface area contributed by atoms with Gasteiger partial charge in [-0.3, -0.25) is 9.59 Å². The van der Waals surface area contributed by atoms with Crippen molar-refractivity contribution in [2.75, 3.05) is 0 Å². The highest BCUT2D eigenvalue weighted by atomic mass is 35.5. The lowest BCUT2D eigenvalue weighted by Gasteiger charge is -2.08. The summed E-state index contributed by atoms with van der Waals surface area (Å²) in [4.78, 5) is 23.3. The lowest BCUT2D eigenvalue weighted by molar-refractivity contribution is -0.134. The third kappa shape index (κ3) is 3.49. The van der Waals surface area contributed by atoms with E-state index < -0.39 is 0 Å². The van der Waals surface area contributed by atoms with E-state index in [1.807, 2.05) is 13.8 Å². The topological polar surface area (TPSA) is 48.3 Å². The molecule has 0 N–H and O–H groups in total. The van der Waals surface area contributed by atoms with Gasteiger partial charge in [-0.2, -0.15) is 0 Å². The Balaban J connectivity index is 1.98. The summed E-state index contributed by atoms with van der Waals surface area (Å²) >= 11 is 6.97. The van der Waals surface area contributed by atoms with Crippen LogP contribution in [0, 0.1) is 13.8 Å². The van der Waals surface area contributed by atoms with E-state index in [0.29, 0.717) is 17.3 Å². The van der Waals surface area contributed by atoms with Crippen LogP contribution in [0.15, 0.2) is 28.4 Å². The van der Waals surface area contributed by atoms with Crippen molar-refractivity contribution in [2.24, 2.45) is 0 Å². The molecule has 4 nitrogen and oxygen atoms in total. The van der Waals surface area contributed by atoms with Crippen LogP contribution in [0.5, 0.6) is 5.75 Å². The minimum atomic E-state index is -0.368. The van der Waals surface area contributed by atoms with E-state index in [1.54, 1.807) is 28.1 Å².